The van der Waals surface area contributed by atoms with Gasteiger partial charge in [-0.3, -0.25) is 0 Å². The molecular weight excluding hydrogens is 231 g/mol. The molecule has 1 rings (SSSR count). The van der Waals surface area contributed by atoms with E-state index >= 15 is 0 Å². The Hall–Kier alpha value is -0.290. The lowest BCUT2D eigenvalue weighted by molar-refractivity contribution is -0.245. The Labute approximate surface area is 101 Å². The predicted octanol–water partition coefficient (Wildman–Crippen LogP) is 3.27. The summed E-state index contributed by atoms with van der Waals surface area (Å²) in [4.78, 5) is 0. The molecule has 1 saturated carbocycles. The highest BCUT2D eigenvalue weighted by atomic mass is 19.4. The maximum Gasteiger partial charge on any atom is 0.414 e. The smallest absolute Gasteiger partial charge is 0.361 e. The van der Waals surface area contributed by atoms with Crippen LogP contribution < -0.4 is 5.32 Å². The largest absolute Gasteiger partial charge is 0.414 e. The van der Waals surface area contributed by atoms with Gasteiger partial charge in [-0.1, -0.05) is 19.8 Å². The second-order valence-corrected chi connectivity index (χ2v) is 4.87. The third kappa shape index (κ3) is 4.47. The Morgan fingerprint density at radius 2 is 1.88 bits per heavy atom. The minimum absolute atomic E-state index is 0.529. The van der Waals surface area contributed by atoms with Crippen LogP contribution in [0.3, 0.4) is 0 Å². The van der Waals surface area contributed by atoms with Crippen molar-refractivity contribution in [3.8, 4) is 0 Å². The van der Waals surface area contributed by atoms with Crippen LogP contribution in [0.25, 0.3) is 0 Å². The first-order valence-corrected chi connectivity index (χ1v) is 6.35. The molecule has 0 radical (unpaired) electrons. The Morgan fingerprint density at radius 3 is 2.35 bits per heavy atom. The van der Waals surface area contributed by atoms with Gasteiger partial charge in [-0.15, -0.1) is 0 Å². The van der Waals surface area contributed by atoms with Gasteiger partial charge in [-0.05, 0) is 32.7 Å². The van der Waals surface area contributed by atoms with Crippen LogP contribution in [-0.2, 0) is 4.74 Å². The number of rotatable bonds is 6. The van der Waals surface area contributed by atoms with Gasteiger partial charge in [0, 0.05) is 6.54 Å². The van der Waals surface area contributed by atoms with Gasteiger partial charge >= 0.3 is 6.18 Å². The zero-order valence-corrected chi connectivity index (χ0v) is 10.6. The first-order valence-electron chi connectivity index (χ1n) is 6.35. The van der Waals surface area contributed by atoms with E-state index in [2.05, 4.69) is 5.32 Å². The van der Waals surface area contributed by atoms with Crippen molar-refractivity contribution in [1.82, 2.24) is 5.32 Å². The van der Waals surface area contributed by atoms with Crippen molar-refractivity contribution in [3.05, 3.63) is 0 Å². The molecule has 0 aromatic carbocycles. The van der Waals surface area contributed by atoms with Crippen molar-refractivity contribution in [2.24, 2.45) is 0 Å². The van der Waals surface area contributed by atoms with E-state index in [1.165, 1.54) is 0 Å². The number of hydrogen-bond acceptors (Lipinski definition) is 2. The van der Waals surface area contributed by atoms with Crippen molar-refractivity contribution in [3.63, 3.8) is 0 Å². The second-order valence-electron chi connectivity index (χ2n) is 4.87. The summed E-state index contributed by atoms with van der Waals surface area (Å²) in [6.07, 6.45) is -1.60. The SMILES string of the molecule is CCCNCC1(OC(C)C(F)(F)F)CCCC1. The minimum atomic E-state index is -4.26. The molecule has 1 aliphatic carbocycles. The molecule has 1 fully saturated rings. The van der Waals surface area contributed by atoms with Gasteiger partial charge in [0.2, 0.25) is 0 Å². The molecule has 1 aliphatic rings. The summed E-state index contributed by atoms with van der Waals surface area (Å²) < 4.78 is 42.9. The third-order valence-electron chi connectivity index (χ3n) is 3.28. The molecule has 1 N–H and O–H groups in total. The maximum atomic E-state index is 12.5. The molecule has 102 valence electrons. The van der Waals surface area contributed by atoms with Crippen LogP contribution in [0.5, 0.6) is 0 Å². The fourth-order valence-electron chi connectivity index (χ4n) is 2.29. The third-order valence-corrected chi connectivity index (χ3v) is 3.28. The van der Waals surface area contributed by atoms with Gasteiger partial charge in [-0.2, -0.15) is 13.2 Å². The minimum Gasteiger partial charge on any atom is -0.361 e. The zero-order valence-electron chi connectivity index (χ0n) is 10.6. The fraction of sp³-hybridized carbons (Fsp3) is 1.00. The molecule has 0 saturated heterocycles. The van der Waals surface area contributed by atoms with E-state index in [9.17, 15) is 13.2 Å². The van der Waals surface area contributed by atoms with Crippen molar-refractivity contribution < 1.29 is 17.9 Å². The molecule has 0 aromatic rings. The molecule has 0 aliphatic heterocycles. The average molecular weight is 253 g/mol. The van der Waals surface area contributed by atoms with E-state index in [1.54, 1.807) is 0 Å². The number of hydrogen-bond donors (Lipinski definition) is 1. The lowest BCUT2D eigenvalue weighted by atomic mass is 10.0. The number of nitrogens with one attached hydrogen (secondary N) is 1. The van der Waals surface area contributed by atoms with E-state index in [0.29, 0.717) is 6.54 Å². The first-order chi connectivity index (χ1) is 7.90. The Morgan fingerprint density at radius 1 is 1.29 bits per heavy atom. The van der Waals surface area contributed by atoms with Crippen LogP contribution in [0.1, 0.15) is 46.0 Å². The summed E-state index contributed by atoms with van der Waals surface area (Å²) in [5.74, 6) is 0. The quantitative estimate of drug-likeness (QED) is 0.734. The van der Waals surface area contributed by atoms with Gasteiger partial charge in [0.05, 0.1) is 5.60 Å². The van der Waals surface area contributed by atoms with Gasteiger partial charge in [0.1, 0.15) is 0 Å². The van der Waals surface area contributed by atoms with E-state index in [4.69, 9.17) is 4.74 Å². The molecule has 2 nitrogen and oxygen atoms in total. The summed E-state index contributed by atoms with van der Waals surface area (Å²) >= 11 is 0. The normalized spacial score (nSPS) is 21.7. The van der Waals surface area contributed by atoms with E-state index < -0.39 is 17.9 Å². The van der Waals surface area contributed by atoms with Crippen LogP contribution in [0, 0.1) is 0 Å². The summed E-state index contributed by atoms with van der Waals surface area (Å²) in [6, 6.07) is 0. The van der Waals surface area contributed by atoms with Crippen LogP contribution in [0.2, 0.25) is 0 Å². The molecule has 1 atom stereocenters. The van der Waals surface area contributed by atoms with Gasteiger partial charge < -0.3 is 10.1 Å². The molecule has 0 spiro atoms. The highest BCUT2D eigenvalue weighted by Gasteiger charge is 2.44. The summed E-state index contributed by atoms with van der Waals surface area (Å²) in [6.45, 7) is 4.49. The van der Waals surface area contributed by atoms with Crippen molar-refractivity contribution >= 4 is 0 Å². The van der Waals surface area contributed by atoms with Crippen molar-refractivity contribution in [2.45, 2.75) is 63.8 Å². The average Bonchev–Trinajstić information content (AvgIpc) is 2.66. The van der Waals surface area contributed by atoms with Gasteiger partial charge in [0.25, 0.3) is 0 Å². The topological polar surface area (TPSA) is 21.3 Å². The lowest BCUT2D eigenvalue weighted by Crippen LogP contribution is -2.46. The van der Waals surface area contributed by atoms with E-state index in [-0.39, 0.29) is 0 Å². The number of alkyl halides is 3. The van der Waals surface area contributed by atoms with Crippen LogP contribution in [0.15, 0.2) is 0 Å². The molecule has 5 heteroatoms. The number of ether oxygens (including phenoxy) is 1. The van der Waals surface area contributed by atoms with Crippen LogP contribution in [0.4, 0.5) is 13.2 Å². The highest BCUT2D eigenvalue weighted by Crippen LogP contribution is 2.36. The molecule has 1 unspecified atom stereocenters. The van der Waals surface area contributed by atoms with E-state index in [1.807, 2.05) is 6.92 Å². The lowest BCUT2D eigenvalue weighted by Gasteiger charge is -2.33. The Balaban J connectivity index is 2.53. The Kier molecular flexibility index (Phi) is 5.25. The summed E-state index contributed by atoms with van der Waals surface area (Å²) in [5.41, 5.74) is -0.607. The summed E-state index contributed by atoms with van der Waals surface area (Å²) in [5, 5.41) is 3.18. The first kappa shape index (κ1) is 14.8. The fourth-order valence-corrected chi connectivity index (χ4v) is 2.29. The monoisotopic (exact) mass is 253 g/mol. The van der Waals surface area contributed by atoms with E-state index in [0.717, 1.165) is 45.6 Å². The van der Waals surface area contributed by atoms with Crippen molar-refractivity contribution in [1.29, 1.82) is 0 Å². The molecule has 0 bridgehead atoms. The molecule has 0 heterocycles. The Bertz CT molecular complexity index is 224. The molecule has 0 aromatic heterocycles. The van der Waals surface area contributed by atoms with Crippen molar-refractivity contribution in [2.75, 3.05) is 13.1 Å². The second kappa shape index (κ2) is 6.05. The highest BCUT2D eigenvalue weighted by molar-refractivity contribution is 4.90. The zero-order chi connectivity index (χ0) is 12.9. The maximum absolute atomic E-state index is 12.5. The molecule has 0 amide bonds. The van der Waals surface area contributed by atoms with Gasteiger partial charge in [-0.25, -0.2) is 0 Å². The number of halogens is 3. The molecular formula is C12H22F3NO. The van der Waals surface area contributed by atoms with Gasteiger partial charge in [0.15, 0.2) is 6.10 Å². The van der Waals surface area contributed by atoms with Crippen LogP contribution in [-0.4, -0.2) is 31.0 Å². The van der Waals surface area contributed by atoms with Crippen LogP contribution >= 0.6 is 0 Å². The summed E-state index contributed by atoms with van der Waals surface area (Å²) in [7, 11) is 0. The molecule has 17 heavy (non-hydrogen) atoms. The standard InChI is InChI=1S/C12H22F3NO/c1-3-8-16-9-11(6-4-5-7-11)17-10(2)12(13,14)15/h10,16H,3-9H2,1-2H3. The predicted molar refractivity (Wildman–Crippen MR) is 61.0 cm³/mol.